The van der Waals surface area contributed by atoms with Crippen LogP contribution in [-0.4, -0.2) is 52.5 Å². The van der Waals surface area contributed by atoms with Crippen molar-refractivity contribution in [1.29, 1.82) is 0 Å². The first kappa shape index (κ1) is 19.4. The van der Waals surface area contributed by atoms with Gasteiger partial charge in [-0.2, -0.15) is 0 Å². The Balaban J connectivity index is 1.52. The van der Waals surface area contributed by atoms with E-state index in [1.165, 1.54) is 18.1 Å². The molecule has 1 amide bonds. The number of rotatable bonds is 6. The van der Waals surface area contributed by atoms with E-state index in [2.05, 4.69) is 9.97 Å². The monoisotopic (exact) mass is 433 g/mol. The Morgan fingerprint density at radius 1 is 1.21 bits per heavy atom. The summed E-state index contributed by atoms with van der Waals surface area (Å²) in [6.07, 6.45) is 2.00. The number of thioether (sulfide) groups is 1. The van der Waals surface area contributed by atoms with Crippen LogP contribution < -0.4 is 0 Å². The first-order valence-corrected chi connectivity index (χ1v) is 12.6. The lowest BCUT2D eigenvalue weighted by atomic mass is 10.2. The summed E-state index contributed by atoms with van der Waals surface area (Å²) in [6.45, 7) is 0.446. The molecule has 0 spiro atoms. The van der Waals surface area contributed by atoms with Gasteiger partial charge in [0.05, 0.1) is 29.3 Å². The smallest absolute Gasteiger partial charge is 0.233 e. The number of hydrogen-bond donors (Lipinski definition) is 0. The molecule has 146 valence electrons. The molecule has 2 aromatic heterocycles. The molecule has 1 saturated heterocycles. The second-order valence-corrected chi connectivity index (χ2v) is 10.9. The summed E-state index contributed by atoms with van der Waals surface area (Å²) in [6, 6.07) is 11.3. The zero-order chi connectivity index (χ0) is 19.6. The van der Waals surface area contributed by atoms with E-state index in [-0.39, 0.29) is 29.2 Å². The van der Waals surface area contributed by atoms with Crippen LogP contribution in [-0.2, 0) is 21.2 Å². The predicted octanol–water partition coefficient (Wildman–Crippen LogP) is 3.00. The van der Waals surface area contributed by atoms with Crippen LogP contribution in [0.2, 0.25) is 0 Å². The Morgan fingerprint density at radius 3 is 2.82 bits per heavy atom. The quantitative estimate of drug-likeness (QED) is 0.439. The lowest BCUT2D eigenvalue weighted by Crippen LogP contribution is -2.41. The van der Waals surface area contributed by atoms with Crippen LogP contribution in [0.15, 0.2) is 53.1 Å². The van der Waals surface area contributed by atoms with Gasteiger partial charge in [0.2, 0.25) is 5.91 Å². The van der Waals surface area contributed by atoms with Crippen molar-refractivity contribution >= 4 is 49.7 Å². The lowest BCUT2D eigenvalue weighted by Gasteiger charge is -2.27. The number of amides is 1. The fourth-order valence-electron chi connectivity index (χ4n) is 3.32. The van der Waals surface area contributed by atoms with E-state index >= 15 is 0 Å². The molecule has 1 aliphatic rings. The minimum atomic E-state index is -3.07. The summed E-state index contributed by atoms with van der Waals surface area (Å²) >= 11 is 2.94. The molecule has 0 radical (unpaired) electrons. The summed E-state index contributed by atoms with van der Waals surface area (Å²) in [5, 5.41) is 3.63. The molecule has 3 heterocycles. The van der Waals surface area contributed by atoms with Gasteiger partial charge in [0.25, 0.3) is 0 Å². The topological polar surface area (TPSA) is 80.2 Å². The van der Waals surface area contributed by atoms with Gasteiger partial charge in [-0.1, -0.05) is 36.0 Å². The van der Waals surface area contributed by atoms with Crippen molar-refractivity contribution in [3.05, 3.63) is 53.0 Å². The Labute approximate surface area is 171 Å². The number of nitrogens with zero attached hydrogens (tertiary/aromatic N) is 3. The fourth-order valence-corrected chi connectivity index (χ4v) is 6.63. The van der Waals surface area contributed by atoms with Crippen molar-refractivity contribution < 1.29 is 13.2 Å². The lowest BCUT2D eigenvalue weighted by molar-refractivity contribution is -0.130. The molecule has 6 nitrogen and oxygen atoms in total. The maximum absolute atomic E-state index is 13.0. The molecule has 1 aliphatic heterocycles. The molecule has 3 aromatic rings. The van der Waals surface area contributed by atoms with Gasteiger partial charge in [0, 0.05) is 16.3 Å². The second-order valence-electron chi connectivity index (χ2n) is 6.64. The van der Waals surface area contributed by atoms with Crippen LogP contribution in [0, 0.1) is 0 Å². The van der Waals surface area contributed by atoms with Gasteiger partial charge in [-0.05, 0) is 23.9 Å². The van der Waals surface area contributed by atoms with Crippen LogP contribution in [0.5, 0.6) is 0 Å². The van der Waals surface area contributed by atoms with Gasteiger partial charge >= 0.3 is 0 Å². The molecule has 1 aromatic carbocycles. The average molecular weight is 434 g/mol. The van der Waals surface area contributed by atoms with E-state index in [1.807, 2.05) is 41.8 Å². The van der Waals surface area contributed by atoms with E-state index in [4.69, 9.17) is 0 Å². The SMILES string of the molecule is O=C(CSc1ncnc2ccccc12)N(Cc1cccs1)[C@@H]1CCS(=O)(=O)C1. The maximum atomic E-state index is 13.0. The summed E-state index contributed by atoms with van der Waals surface area (Å²) < 4.78 is 23.9. The zero-order valence-electron chi connectivity index (χ0n) is 15.0. The number of sulfone groups is 1. The largest absolute Gasteiger partial charge is 0.333 e. The van der Waals surface area contributed by atoms with Crippen LogP contribution in [0.25, 0.3) is 10.9 Å². The summed E-state index contributed by atoms with van der Waals surface area (Å²) in [7, 11) is -3.07. The summed E-state index contributed by atoms with van der Waals surface area (Å²) in [5.74, 6) is 0.340. The molecule has 4 rings (SSSR count). The molecular formula is C19H19N3O3S3. The van der Waals surface area contributed by atoms with Gasteiger partial charge < -0.3 is 4.90 Å². The number of aromatic nitrogens is 2. The van der Waals surface area contributed by atoms with Crippen LogP contribution in [0.3, 0.4) is 0 Å². The van der Waals surface area contributed by atoms with E-state index in [0.717, 1.165) is 20.8 Å². The number of thiophene rings is 1. The van der Waals surface area contributed by atoms with Gasteiger partial charge in [0.1, 0.15) is 11.4 Å². The normalized spacial score (nSPS) is 18.4. The van der Waals surface area contributed by atoms with Gasteiger partial charge in [-0.25, -0.2) is 18.4 Å². The third kappa shape index (κ3) is 4.37. The van der Waals surface area contributed by atoms with Gasteiger partial charge in [0.15, 0.2) is 9.84 Å². The van der Waals surface area contributed by atoms with E-state index in [1.54, 1.807) is 16.2 Å². The minimum absolute atomic E-state index is 0.0468. The number of carbonyl (C=O) groups excluding carboxylic acids is 1. The van der Waals surface area contributed by atoms with Crippen molar-refractivity contribution in [2.24, 2.45) is 0 Å². The van der Waals surface area contributed by atoms with Crippen LogP contribution in [0.1, 0.15) is 11.3 Å². The maximum Gasteiger partial charge on any atom is 0.233 e. The van der Waals surface area contributed by atoms with Crippen molar-refractivity contribution in [3.8, 4) is 0 Å². The molecule has 0 saturated carbocycles. The van der Waals surface area contributed by atoms with Crippen LogP contribution >= 0.6 is 23.1 Å². The van der Waals surface area contributed by atoms with Crippen molar-refractivity contribution in [3.63, 3.8) is 0 Å². The van der Waals surface area contributed by atoms with Gasteiger partial charge in [-0.15, -0.1) is 11.3 Å². The molecule has 28 heavy (non-hydrogen) atoms. The first-order chi connectivity index (χ1) is 13.5. The van der Waals surface area contributed by atoms with Crippen LogP contribution in [0.4, 0.5) is 0 Å². The fraction of sp³-hybridized carbons (Fsp3) is 0.316. The number of fused-ring (bicyclic) bond motifs is 1. The number of hydrogen-bond acceptors (Lipinski definition) is 7. The predicted molar refractivity (Wildman–Crippen MR) is 112 cm³/mol. The highest BCUT2D eigenvalue weighted by Crippen LogP contribution is 2.27. The third-order valence-corrected chi connectivity index (χ3v) is 8.32. The third-order valence-electron chi connectivity index (χ3n) is 4.71. The minimum Gasteiger partial charge on any atom is -0.333 e. The molecule has 9 heteroatoms. The number of carbonyl (C=O) groups is 1. The molecule has 0 bridgehead atoms. The zero-order valence-corrected chi connectivity index (χ0v) is 17.5. The van der Waals surface area contributed by atoms with Gasteiger partial charge in [-0.3, -0.25) is 4.79 Å². The van der Waals surface area contributed by atoms with E-state index in [9.17, 15) is 13.2 Å². The molecular weight excluding hydrogens is 414 g/mol. The average Bonchev–Trinajstić information content (AvgIpc) is 3.33. The second kappa shape index (κ2) is 8.18. The highest BCUT2D eigenvalue weighted by molar-refractivity contribution is 8.00. The Hall–Kier alpha value is -1.97. The summed E-state index contributed by atoms with van der Waals surface area (Å²) in [4.78, 5) is 24.4. The molecule has 0 unspecified atom stereocenters. The van der Waals surface area contributed by atoms with Crippen molar-refractivity contribution in [1.82, 2.24) is 14.9 Å². The molecule has 1 atom stereocenters. The standard InChI is InChI=1S/C19H19N3O3S3/c23-18(11-27-19-16-5-1-2-6-17(16)20-13-21-19)22(10-15-4-3-8-26-15)14-7-9-28(24,25)12-14/h1-6,8,13-14H,7,9-12H2/t14-/m1/s1. The highest BCUT2D eigenvalue weighted by atomic mass is 32.2. The number of para-hydroxylation sites is 1. The van der Waals surface area contributed by atoms with Crippen molar-refractivity contribution in [2.45, 2.75) is 24.0 Å². The summed E-state index contributed by atoms with van der Waals surface area (Å²) in [5.41, 5.74) is 0.838. The Kier molecular flexibility index (Phi) is 5.65. The molecule has 1 fully saturated rings. The first-order valence-electron chi connectivity index (χ1n) is 8.87. The van der Waals surface area contributed by atoms with E-state index in [0.29, 0.717) is 13.0 Å². The molecule has 0 aliphatic carbocycles. The Bertz CT molecular complexity index is 1080. The van der Waals surface area contributed by atoms with E-state index < -0.39 is 9.84 Å². The Morgan fingerprint density at radius 2 is 2.07 bits per heavy atom. The molecule has 0 N–H and O–H groups in total. The van der Waals surface area contributed by atoms with Crippen molar-refractivity contribution in [2.75, 3.05) is 17.3 Å². The highest BCUT2D eigenvalue weighted by Gasteiger charge is 2.34. The number of benzene rings is 1.